The van der Waals surface area contributed by atoms with Crippen LogP contribution in [-0.2, 0) is 17.9 Å². The first-order chi connectivity index (χ1) is 7.42. The first-order valence-electron chi connectivity index (χ1n) is 4.78. The van der Waals surface area contributed by atoms with Crippen molar-refractivity contribution in [2.24, 2.45) is 0 Å². The van der Waals surface area contributed by atoms with Crippen molar-refractivity contribution >= 4 is 15.9 Å². The zero-order chi connectivity index (χ0) is 12.2. The average Bonchev–Trinajstić information content (AvgIpc) is 2.45. The molecule has 0 fully saturated rings. The van der Waals surface area contributed by atoms with Crippen molar-refractivity contribution in [2.45, 2.75) is 32.7 Å². The van der Waals surface area contributed by atoms with Crippen LogP contribution in [0.15, 0.2) is 10.7 Å². The SMILES string of the molecule is CCCn1cc(Br)c(COCC(F)(F)F)n1. The van der Waals surface area contributed by atoms with Gasteiger partial charge < -0.3 is 4.74 Å². The molecule has 0 radical (unpaired) electrons. The highest BCUT2D eigenvalue weighted by Crippen LogP contribution is 2.19. The van der Waals surface area contributed by atoms with Gasteiger partial charge in [0.05, 0.1) is 11.1 Å². The normalized spacial score (nSPS) is 12.1. The van der Waals surface area contributed by atoms with Crippen molar-refractivity contribution in [3.63, 3.8) is 0 Å². The number of aryl methyl sites for hydroxylation is 1. The molecule has 92 valence electrons. The minimum atomic E-state index is -4.29. The first kappa shape index (κ1) is 13.5. The Balaban J connectivity index is 2.47. The molecule has 1 rings (SSSR count). The molecule has 0 saturated heterocycles. The molecule has 0 amide bonds. The van der Waals surface area contributed by atoms with Gasteiger partial charge in [0.1, 0.15) is 12.3 Å². The number of hydrogen-bond acceptors (Lipinski definition) is 2. The summed E-state index contributed by atoms with van der Waals surface area (Å²) in [5.74, 6) is 0. The van der Waals surface area contributed by atoms with E-state index in [1.54, 1.807) is 10.9 Å². The van der Waals surface area contributed by atoms with E-state index in [1.807, 2.05) is 6.92 Å². The van der Waals surface area contributed by atoms with E-state index in [-0.39, 0.29) is 6.61 Å². The topological polar surface area (TPSA) is 27.1 Å². The van der Waals surface area contributed by atoms with E-state index in [4.69, 9.17) is 0 Å². The third kappa shape index (κ3) is 4.52. The Morgan fingerprint density at radius 1 is 1.50 bits per heavy atom. The number of alkyl halides is 3. The van der Waals surface area contributed by atoms with E-state index in [2.05, 4.69) is 25.8 Å². The van der Waals surface area contributed by atoms with Crippen LogP contribution in [0.25, 0.3) is 0 Å². The van der Waals surface area contributed by atoms with Crippen molar-refractivity contribution in [1.29, 1.82) is 0 Å². The van der Waals surface area contributed by atoms with Gasteiger partial charge in [-0.05, 0) is 22.4 Å². The number of nitrogens with zero attached hydrogens (tertiary/aromatic N) is 2. The smallest absolute Gasteiger partial charge is 0.366 e. The van der Waals surface area contributed by atoms with E-state index in [0.29, 0.717) is 10.2 Å². The number of ether oxygens (including phenoxy) is 1. The molecule has 16 heavy (non-hydrogen) atoms. The lowest BCUT2D eigenvalue weighted by molar-refractivity contribution is -0.176. The van der Waals surface area contributed by atoms with Gasteiger partial charge in [0.25, 0.3) is 0 Å². The Hall–Kier alpha value is -0.560. The van der Waals surface area contributed by atoms with Crippen LogP contribution in [0.2, 0.25) is 0 Å². The van der Waals surface area contributed by atoms with Gasteiger partial charge in [-0.2, -0.15) is 18.3 Å². The van der Waals surface area contributed by atoms with Crippen molar-refractivity contribution in [3.8, 4) is 0 Å². The maximum Gasteiger partial charge on any atom is 0.411 e. The lowest BCUT2D eigenvalue weighted by Crippen LogP contribution is -2.17. The number of halogens is 4. The fourth-order valence-electron chi connectivity index (χ4n) is 1.14. The molecule has 1 aromatic rings. The highest BCUT2D eigenvalue weighted by molar-refractivity contribution is 9.10. The molecule has 0 atom stereocenters. The zero-order valence-corrected chi connectivity index (χ0v) is 10.3. The van der Waals surface area contributed by atoms with Crippen LogP contribution >= 0.6 is 15.9 Å². The number of hydrogen-bond donors (Lipinski definition) is 0. The summed E-state index contributed by atoms with van der Waals surface area (Å²) in [6.45, 7) is 1.34. The Morgan fingerprint density at radius 2 is 2.19 bits per heavy atom. The molecule has 1 aromatic heterocycles. The largest absolute Gasteiger partial charge is 0.411 e. The van der Waals surface area contributed by atoms with E-state index in [1.165, 1.54) is 0 Å². The summed E-state index contributed by atoms with van der Waals surface area (Å²) in [6.07, 6.45) is -1.65. The Bertz CT molecular complexity index is 338. The summed E-state index contributed by atoms with van der Waals surface area (Å²) < 4.78 is 42.3. The van der Waals surface area contributed by atoms with Gasteiger partial charge in [-0.15, -0.1) is 0 Å². The van der Waals surface area contributed by atoms with Crippen LogP contribution in [0.5, 0.6) is 0 Å². The minimum absolute atomic E-state index is 0.142. The second-order valence-electron chi connectivity index (χ2n) is 3.29. The number of rotatable bonds is 5. The van der Waals surface area contributed by atoms with Crippen molar-refractivity contribution in [1.82, 2.24) is 9.78 Å². The average molecular weight is 301 g/mol. The van der Waals surface area contributed by atoms with Gasteiger partial charge >= 0.3 is 6.18 Å². The molecule has 1 heterocycles. The molecule has 3 nitrogen and oxygen atoms in total. The van der Waals surface area contributed by atoms with E-state index in [0.717, 1.165) is 13.0 Å². The molecule has 0 unspecified atom stereocenters. The molecular weight excluding hydrogens is 289 g/mol. The first-order valence-corrected chi connectivity index (χ1v) is 5.58. The lowest BCUT2D eigenvalue weighted by atomic mass is 10.5. The molecule has 0 aliphatic carbocycles. The van der Waals surface area contributed by atoms with Crippen LogP contribution in [0.3, 0.4) is 0 Å². The molecule has 0 saturated carbocycles. The van der Waals surface area contributed by atoms with Gasteiger partial charge in [0, 0.05) is 12.7 Å². The van der Waals surface area contributed by atoms with Crippen molar-refractivity contribution in [2.75, 3.05) is 6.61 Å². The fourth-order valence-corrected chi connectivity index (χ4v) is 1.57. The highest BCUT2D eigenvalue weighted by Gasteiger charge is 2.27. The van der Waals surface area contributed by atoms with Crippen LogP contribution in [0, 0.1) is 0 Å². The highest BCUT2D eigenvalue weighted by atomic mass is 79.9. The molecular formula is C9H12BrF3N2O. The Labute approximate surface area is 99.7 Å². The molecule has 0 bridgehead atoms. The van der Waals surface area contributed by atoms with Gasteiger partial charge in [-0.25, -0.2) is 0 Å². The summed E-state index contributed by atoms with van der Waals surface area (Å²) in [7, 11) is 0. The predicted octanol–water partition coefficient (Wildman–Crippen LogP) is 3.13. The zero-order valence-electron chi connectivity index (χ0n) is 8.72. The lowest BCUT2D eigenvalue weighted by Gasteiger charge is -2.06. The second-order valence-corrected chi connectivity index (χ2v) is 4.15. The summed E-state index contributed by atoms with van der Waals surface area (Å²) >= 11 is 3.22. The predicted molar refractivity (Wildman–Crippen MR) is 55.9 cm³/mol. The second kappa shape index (κ2) is 5.67. The van der Waals surface area contributed by atoms with Crippen molar-refractivity contribution < 1.29 is 17.9 Å². The molecule has 0 N–H and O–H groups in total. The van der Waals surface area contributed by atoms with Crippen LogP contribution in [0.4, 0.5) is 13.2 Å². The van der Waals surface area contributed by atoms with Gasteiger partial charge in [0.2, 0.25) is 0 Å². The molecule has 0 spiro atoms. The summed E-state index contributed by atoms with van der Waals surface area (Å²) in [5.41, 5.74) is 0.484. The monoisotopic (exact) mass is 300 g/mol. The molecule has 0 aliphatic rings. The van der Waals surface area contributed by atoms with Crippen LogP contribution in [0.1, 0.15) is 19.0 Å². The summed E-state index contributed by atoms with van der Waals surface area (Å²) in [5, 5.41) is 4.10. The van der Waals surface area contributed by atoms with E-state index >= 15 is 0 Å². The van der Waals surface area contributed by atoms with Crippen LogP contribution < -0.4 is 0 Å². The third-order valence-corrected chi connectivity index (χ3v) is 2.41. The third-order valence-electron chi connectivity index (χ3n) is 1.74. The molecule has 0 aliphatic heterocycles. The maximum atomic E-state index is 11.8. The van der Waals surface area contributed by atoms with Gasteiger partial charge in [0.15, 0.2) is 0 Å². The van der Waals surface area contributed by atoms with Gasteiger partial charge in [-0.3, -0.25) is 4.68 Å². The fraction of sp³-hybridized carbons (Fsp3) is 0.667. The Kier molecular flexibility index (Phi) is 4.79. The summed E-state index contributed by atoms with van der Waals surface area (Å²) in [4.78, 5) is 0. The van der Waals surface area contributed by atoms with Crippen LogP contribution in [-0.4, -0.2) is 22.6 Å². The van der Waals surface area contributed by atoms with E-state index < -0.39 is 12.8 Å². The quantitative estimate of drug-likeness (QED) is 0.835. The molecule has 0 aromatic carbocycles. The van der Waals surface area contributed by atoms with E-state index in [9.17, 15) is 13.2 Å². The molecule has 7 heteroatoms. The summed E-state index contributed by atoms with van der Waals surface area (Å²) in [6, 6.07) is 0. The van der Waals surface area contributed by atoms with Gasteiger partial charge in [-0.1, -0.05) is 6.92 Å². The maximum absolute atomic E-state index is 11.8. The standard InChI is InChI=1S/C9H12BrF3N2O/c1-2-3-15-4-7(10)8(14-15)5-16-6-9(11,12)13/h4H,2-3,5-6H2,1H3. The van der Waals surface area contributed by atoms with Crippen molar-refractivity contribution in [3.05, 3.63) is 16.4 Å². The number of aromatic nitrogens is 2. The minimum Gasteiger partial charge on any atom is -0.366 e. The Morgan fingerprint density at radius 3 is 2.75 bits per heavy atom.